The molecule has 3 rings (SSSR count). The molecule has 6 amide bonds. The number of nitrogens with two attached hydrogens (primary N) is 2. The second-order valence-corrected chi connectivity index (χ2v) is 16.1. The molecular weight excluding hydrogens is 795 g/mol. The predicted molar refractivity (Wildman–Crippen MR) is 223 cm³/mol. The molecule has 0 saturated heterocycles. The summed E-state index contributed by atoms with van der Waals surface area (Å²) in [6, 6.07) is 9.30. The maximum absolute atomic E-state index is 15.2. The van der Waals surface area contributed by atoms with E-state index in [-0.39, 0.29) is 44.6 Å². The van der Waals surface area contributed by atoms with E-state index in [0.717, 1.165) is 23.8 Å². The van der Waals surface area contributed by atoms with Crippen LogP contribution < -0.4 is 32.7 Å². The number of carbonyl (C=O) groups excluding carboxylic acids is 7. The first-order chi connectivity index (χ1) is 28.7. The van der Waals surface area contributed by atoms with E-state index in [1.165, 1.54) is 25.7 Å². The average Bonchev–Trinajstić information content (AvgIpc) is 3.59. The van der Waals surface area contributed by atoms with Gasteiger partial charge in [0.15, 0.2) is 5.78 Å². The Kier molecular flexibility index (Phi) is 18.2. The fourth-order valence-electron chi connectivity index (χ4n) is 6.91. The Morgan fingerprint density at radius 1 is 0.869 bits per heavy atom. The maximum Gasteiger partial charge on any atom is 0.248 e. The van der Waals surface area contributed by atoms with Gasteiger partial charge in [-0.1, -0.05) is 58.0 Å². The van der Waals surface area contributed by atoms with Crippen molar-refractivity contribution in [3.8, 4) is 11.1 Å². The summed E-state index contributed by atoms with van der Waals surface area (Å²) in [7, 11) is 0. The van der Waals surface area contributed by atoms with Crippen LogP contribution in [0.5, 0.6) is 0 Å². The summed E-state index contributed by atoms with van der Waals surface area (Å²) < 4.78 is 31.5. The van der Waals surface area contributed by atoms with Gasteiger partial charge in [-0.3, -0.25) is 33.6 Å². The Bertz CT molecular complexity index is 2040. The lowest BCUT2D eigenvalue weighted by Gasteiger charge is -2.41. The van der Waals surface area contributed by atoms with Crippen molar-refractivity contribution in [3.05, 3.63) is 83.7 Å². The van der Waals surface area contributed by atoms with Crippen LogP contribution in [0.3, 0.4) is 0 Å². The first-order valence-electron chi connectivity index (χ1n) is 19.9. The SMILES string of the molecule is CC(=O)NC(C)C(=O)CC(C)C(=O)N[C@@H](CC(N)=O)C(=O)N[C@@H](CCN(C(=O)CO)[C@@H](c1cc(-c2cc(F)ccc2F)cn1Cc1ccccc1)C(C)(C)C)C(=O)NCCN. The van der Waals surface area contributed by atoms with Crippen LogP contribution in [-0.2, 0) is 40.1 Å². The van der Waals surface area contributed by atoms with Crippen LogP contribution in [0, 0.1) is 23.0 Å². The highest BCUT2D eigenvalue weighted by molar-refractivity contribution is 5.96. The second kappa shape index (κ2) is 22.6. The van der Waals surface area contributed by atoms with Crippen LogP contribution in [-0.4, -0.2) is 100 Å². The molecule has 0 aliphatic heterocycles. The molecular formula is C43H58F2N8O8. The molecule has 61 heavy (non-hydrogen) atoms. The van der Waals surface area contributed by atoms with Crippen molar-refractivity contribution < 1.29 is 47.4 Å². The molecule has 3 aromatic rings. The van der Waals surface area contributed by atoms with Gasteiger partial charge in [0.1, 0.15) is 30.3 Å². The van der Waals surface area contributed by atoms with Gasteiger partial charge in [0, 0.05) is 68.5 Å². The number of Topliss-reactive ketones (excluding diaryl/α,β-unsaturated/α-hetero) is 1. The number of ketones is 1. The summed E-state index contributed by atoms with van der Waals surface area (Å²) in [6.45, 7) is 8.76. The number of aromatic nitrogens is 1. The number of benzene rings is 2. The Hall–Kier alpha value is -6.01. The molecule has 2 unspecified atom stereocenters. The number of aliphatic hydroxyl groups is 1. The fraction of sp³-hybridized carbons (Fsp3) is 0.465. The lowest BCUT2D eigenvalue weighted by atomic mass is 9.82. The molecule has 16 nitrogen and oxygen atoms in total. The number of rotatable bonds is 22. The Morgan fingerprint density at radius 3 is 2.11 bits per heavy atom. The van der Waals surface area contributed by atoms with Crippen molar-refractivity contribution in [2.45, 2.75) is 91.5 Å². The third-order valence-electron chi connectivity index (χ3n) is 9.86. The van der Waals surface area contributed by atoms with Crippen LogP contribution >= 0.6 is 0 Å². The Labute approximate surface area is 354 Å². The molecule has 0 bridgehead atoms. The molecule has 332 valence electrons. The highest BCUT2D eigenvalue weighted by Gasteiger charge is 2.38. The molecule has 0 fully saturated rings. The molecule has 5 atom stereocenters. The zero-order valence-corrected chi connectivity index (χ0v) is 35.4. The van der Waals surface area contributed by atoms with Crippen molar-refractivity contribution in [3.63, 3.8) is 0 Å². The van der Waals surface area contributed by atoms with E-state index >= 15 is 4.39 Å². The van der Waals surface area contributed by atoms with E-state index < -0.39 is 101 Å². The summed E-state index contributed by atoms with van der Waals surface area (Å²) in [5, 5.41) is 20.3. The zero-order chi connectivity index (χ0) is 45.6. The molecule has 0 radical (unpaired) electrons. The van der Waals surface area contributed by atoms with E-state index in [1.807, 2.05) is 55.7 Å². The highest BCUT2D eigenvalue weighted by atomic mass is 19.1. The van der Waals surface area contributed by atoms with Crippen LogP contribution in [0.25, 0.3) is 11.1 Å². The number of nitrogens with zero attached hydrogens (tertiary/aromatic N) is 2. The predicted octanol–water partition coefficient (Wildman–Crippen LogP) is 1.82. The minimum absolute atomic E-state index is 0.00538. The lowest BCUT2D eigenvalue weighted by molar-refractivity contribution is -0.140. The molecule has 18 heteroatoms. The number of halogens is 2. The number of hydrogen-bond donors (Lipinski definition) is 7. The molecule has 0 saturated carbocycles. The molecule has 1 aromatic heterocycles. The van der Waals surface area contributed by atoms with E-state index in [4.69, 9.17) is 11.5 Å². The van der Waals surface area contributed by atoms with Crippen molar-refractivity contribution in [1.82, 2.24) is 30.7 Å². The third kappa shape index (κ3) is 14.6. The monoisotopic (exact) mass is 852 g/mol. The molecule has 1 heterocycles. The van der Waals surface area contributed by atoms with Crippen LogP contribution in [0.1, 0.15) is 78.1 Å². The summed E-state index contributed by atoms with van der Waals surface area (Å²) in [5.41, 5.74) is 11.9. The van der Waals surface area contributed by atoms with Crippen LogP contribution in [0.4, 0.5) is 8.78 Å². The quantitative estimate of drug-likeness (QED) is 0.0778. The van der Waals surface area contributed by atoms with Crippen molar-refractivity contribution in [2.75, 3.05) is 26.2 Å². The lowest BCUT2D eigenvalue weighted by Crippen LogP contribution is -2.56. The van der Waals surface area contributed by atoms with Gasteiger partial charge < -0.3 is 47.3 Å². The summed E-state index contributed by atoms with van der Waals surface area (Å²) in [5.74, 6) is -7.40. The van der Waals surface area contributed by atoms with E-state index in [9.17, 15) is 43.1 Å². The molecule has 2 aromatic carbocycles. The number of primary amides is 1. The Balaban J connectivity index is 2.02. The smallest absolute Gasteiger partial charge is 0.248 e. The normalized spacial score (nSPS) is 13.8. The Morgan fingerprint density at radius 2 is 1.52 bits per heavy atom. The first-order valence-corrected chi connectivity index (χ1v) is 19.9. The van der Waals surface area contributed by atoms with Gasteiger partial charge in [-0.15, -0.1) is 0 Å². The summed E-state index contributed by atoms with van der Waals surface area (Å²) >= 11 is 0. The summed E-state index contributed by atoms with van der Waals surface area (Å²) in [6.07, 6.45) is 0.413. The molecule has 0 spiro atoms. The number of hydrogen-bond acceptors (Lipinski definition) is 9. The molecule has 0 aliphatic carbocycles. The number of nitrogens with one attached hydrogen (secondary N) is 4. The maximum atomic E-state index is 15.2. The van der Waals surface area contributed by atoms with Crippen molar-refractivity contribution in [2.24, 2.45) is 22.8 Å². The summed E-state index contributed by atoms with van der Waals surface area (Å²) in [4.78, 5) is 91.8. The van der Waals surface area contributed by atoms with E-state index in [0.29, 0.717) is 11.3 Å². The highest BCUT2D eigenvalue weighted by Crippen LogP contribution is 2.41. The van der Waals surface area contributed by atoms with Gasteiger partial charge in [0.25, 0.3) is 0 Å². The van der Waals surface area contributed by atoms with Gasteiger partial charge in [-0.2, -0.15) is 0 Å². The molecule has 9 N–H and O–H groups in total. The van der Waals surface area contributed by atoms with Gasteiger partial charge in [0.05, 0.1) is 18.5 Å². The van der Waals surface area contributed by atoms with Crippen molar-refractivity contribution >= 4 is 41.2 Å². The van der Waals surface area contributed by atoms with Crippen LogP contribution in [0.2, 0.25) is 0 Å². The number of aliphatic hydroxyl groups excluding tert-OH is 1. The van der Waals surface area contributed by atoms with E-state index in [1.54, 1.807) is 12.3 Å². The van der Waals surface area contributed by atoms with Crippen molar-refractivity contribution in [1.29, 1.82) is 0 Å². The van der Waals surface area contributed by atoms with Gasteiger partial charge in [-0.25, -0.2) is 8.78 Å². The second-order valence-electron chi connectivity index (χ2n) is 16.1. The van der Waals surface area contributed by atoms with E-state index in [2.05, 4.69) is 21.3 Å². The standard InChI is InChI=1S/C43H58F2N8O8/c1-25(18-36(56)26(2)49-27(3)55)40(59)51-34(21-37(47)57)42(61)50-33(41(60)48-16-15-46)14-17-53(38(58)24-54)39(43(4,5)6)35-19-29(31-20-30(44)12-13-32(31)45)23-52(35)22-28-10-8-7-9-11-28/h7-13,19-20,23,25-26,33-34,39,54H,14-18,21-22,24,46H2,1-6H3,(H2,47,57)(H,48,60)(H,49,55)(H,50,61)(H,51,59)/t25?,26?,33-,34-,39-/m0/s1. The zero-order valence-electron chi connectivity index (χ0n) is 35.4. The fourth-order valence-corrected chi connectivity index (χ4v) is 6.91. The first kappa shape index (κ1) is 49.4. The number of carbonyl (C=O) groups is 7. The molecule has 0 aliphatic rings. The average molecular weight is 853 g/mol. The van der Waals surface area contributed by atoms with Gasteiger partial charge in [0.2, 0.25) is 35.4 Å². The third-order valence-corrected chi connectivity index (χ3v) is 9.86. The number of amides is 6. The van der Waals surface area contributed by atoms with Gasteiger partial charge >= 0.3 is 0 Å². The minimum atomic E-state index is -1.58. The minimum Gasteiger partial charge on any atom is -0.387 e. The largest absolute Gasteiger partial charge is 0.387 e. The van der Waals surface area contributed by atoms with Crippen LogP contribution in [0.15, 0.2) is 60.8 Å². The van der Waals surface area contributed by atoms with Gasteiger partial charge in [-0.05, 0) is 48.6 Å². The topological polar surface area (TPSA) is 248 Å².